The molecule has 1 heteroatoms. The molecule has 6 heavy (non-hydrogen) atoms. The predicted octanol–water partition coefficient (Wildman–Crippen LogP) is 0.780. The van der Waals surface area contributed by atoms with Crippen molar-refractivity contribution in [1.82, 2.24) is 0 Å². The highest BCUT2D eigenvalue weighted by Crippen LogP contribution is 1.87. The van der Waals surface area contributed by atoms with Gasteiger partial charge in [-0.15, -0.1) is 12.8 Å². The fourth-order valence-corrected chi connectivity index (χ4v) is 0.0962. The summed E-state index contributed by atoms with van der Waals surface area (Å²) in [6, 6.07) is 0. The fraction of sp³-hybridized carbons (Fsp3) is 0.200. The van der Waals surface area contributed by atoms with E-state index in [0.29, 0.717) is 0 Å². The van der Waals surface area contributed by atoms with Gasteiger partial charge in [-0.2, -0.15) is 0 Å². The molecule has 0 atom stereocenters. The number of hydrogen-bond acceptors (Lipinski definition) is 1. The molecule has 0 amide bonds. The zero-order valence-corrected chi connectivity index (χ0v) is 3.42. The van der Waals surface area contributed by atoms with Crippen LogP contribution in [0.3, 0.4) is 0 Å². The summed E-state index contributed by atoms with van der Waals surface area (Å²) in [6.45, 7) is 0.819. The highest BCUT2D eigenvalue weighted by molar-refractivity contribution is 4.81. The van der Waals surface area contributed by atoms with E-state index >= 15 is 0 Å². The summed E-state index contributed by atoms with van der Waals surface area (Å²) < 4.78 is 4.54. The lowest BCUT2D eigenvalue weighted by atomic mass is 10.6. The van der Waals surface area contributed by atoms with Crippen LogP contribution < -0.4 is 0 Å². The molecule has 0 saturated carbocycles. The molecular formula is C5H6O. The van der Waals surface area contributed by atoms with Gasteiger partial charge < -0.3 is 4.74 Å². The number of ether oxygens (including phenoxy) is 1. The Bertz CT molecular complexity index is 55.6. The highest BCUT2D eigenvalue weighted by atomic mass is 16.5. The van der Waals surface area contributed by atoms with Crippen LogP contribution in [0, 0.1) is 12.8 Å². The first kappa shape index (κ1) is 5.10. The van der Waals surface area contributed by atoms with Crippen LogP contribution in [0.25, 0.3) is 0 Å². The molecule has 0 saturated heterocycles. The Labute approximate surface area is 37.6 Å². The Kier molecular flexibility index (Phi) is 3.48. The normalized spacial score (nSPS) is 12.3. The summed E-state index contributed by atoms with van der Waals surface area (Å²) in [4.78, 5) is 0. The molecule has 0 unspecified atom stereocenters. The van der Waals surface area contributed by atoms with Gasteiger partial charge in [-0.1, -0.05) is 0 Å². The molecule has 0 spiro atoms. The molecule has 0 fully saturated rings. The molecule has 0 bridgehead atoms. The Morgan fingerprint density at radius 1 is 1.50 bits per heavy atom. The first-order valence-electron chi connectivity index (χ1n) is 1.60. The van der Waals surface area contributed by atoms with Crippen molar-refractivity contribution >= 4 is 0 Å². The van der Waals surface area contributed by atoms with Crippen molar-refractivity contribution in [3.8, 4) is 12.8 Å². The van der Waals surface area contributed by atoms with E-state index in [0.717, 1.165) is 6.61 Å². The van der Waals surface area contributed by atoms with Crippen molar-refractivity contribution in [1.29, 1.82) is 0 Å². The van der Waals surface area contributed by atoms with Crippen LogP contribution in [-0.4, -0.2) is 6.61 Å². The number of terminal acetylenes is 1. The van der Waals surface area contributed by atoms with Gasteiger partial charge in [-0.25, -0.2) is 0 Å². The van der Waals surface area contributed by atoms with Crippen LogP contribution >= 0.6 is 0 Å². The molecule has 32 valence electrons. The smallest absolute Gasteiger partial charge is 0.109 e. The van der Waals surface area contributed by atoms with Gasteiger partial charge in [0.25, 0.3) is 0 Å². The van der Waals surface area contributed by atoms with Gasteiger partial charge in [-0.05, 0) is 6.08 Å². The monoisotopic (exact) mass is 82.0 g/mol. The van der Waals surface area contributed by atoms with Gasteiger partial charge in [-0.3, -0.25) is 0 Å². The third-order valence-corrected chi connectivity index (χ3v) is 0.385. The van der Waals surface area contributed by atoms with Crippen LogP contribution in [0.5, 0.6) is 0 Å². The minimum absolute atomic E-state index is 0.819. The maximum absolute atomic E-state index is 4.54. The minimum Gasteiger partial charge on any atom is -0.497 e. The molecule has 0 radical (unpaired) electrons. The van der Waals surface area contributed by atoms with Crippen molar-refractivity contribution in [3.63, 3.8) is 0 Å². The van der Waals surface area contributed by atoms with Crippen LogP contribution in [-0.2, 0) is 4.74 Å². The van der Waals surface area contributed by atoms with Gasteiger partial charge in [0.05, 0.1) is 6.26 Å². The molecule has 1 nitrogen and oxygen atoms in total. The molecule has 1 heterocycles. The van der Waals surface area contributed by atoms with E-state index < -0.39 is 0 Å². The fourth-order valence-electron chi connectivity index (χ4n) is 0.0962. The topological polar surface area (TPSA) is 9.23 Å². The van der Waals surface area contributed by atoms with Crippen molar-refractivity contribution < 1.29 is 4.74 Å². The summed E-state index contributed by atoms with van der Waals surface area (Å²) >= 11 is 0. The van der Waals surface area contributed by atoms with Gasteiger partial charge in [0, 0.05) is 0 Å². The van der Waals surface area contributed by atoms with Gasteiger partial charge in [0.1, 0.15) is 6.61 Å². The second-order valence-corrected chi connectivity index (χ2v) is 0.705. The van der Waals surface area contributed by atoms with E-state index in [-0.39, 0.29) is 0 Å². The SMILES string of the molecule is C#C.C1=COC1. The van der Waals surface area contributed by atoms with E-state index in [4.69, 9.17) is 0 Å². The summed E-state index contributed by atoms with van der Waals surface area (Å²) in [6.07, 6.45) is 11.6. The molecule has 1 aliphatic rings. The Morgan fingerprint density at radius 2 is 1.67 bits per heavy atom. The molecular weight excluding hydrogens is 76.1 g/mol. The quantitative estimate of drug-likeness (QED) is 0.392. The van der Waals surface area contributed by atoms with E-state index in [9.17, 15) is 0 Å². The average Bonchev–Trinajstić information content (AvgIpc) is 1.36. The minimum atomic E-state index is 0.819. The largest absolute Gasteiger partial charge is 0.497 e. The molecule has 0 aromatic rings. The predicted molar refractivity (Wildman–Crippen MR) is 25.0 cm³/mol. The number of hydrogen-bond donors (Lipinski definition) is 0. The van der Waals surface area contributed by atoms with Crippen LogP contribution in [0.4, 0.5) is 0 Å². The third kappa shape index (κ3) is 1.42. The molecule has 0 aliphatic carbocycles. The Morgan fingerprint density at radius 3 is 1.67 bits per heavy atom. The molecule has 0 aromatic carbocycles. The lowest BCUT2D eigenvalue weighted by Gasteiger charge is -1.99. The van der Waals surface area contributed by atoms with E-state index in [1.165, 1.54) is 0 Å². The average molecular weight is 82.1 g/mol. The lowest BCUT2D eigenvalue weighted by molar-refractivity contribution is 0.243. The molecule has 1 rings (SSSR count). The standard InChI is InChI=1S/C3H4O.C2H2/c1-2-4-3-1;1-2/h1-2H,3H2;1-2H. The Hall–Kier alpha value is -0.900. The van der Waals surface area contributed by atoms with Crippen molar-refractivity contribution in [2.45, 2.75) is 0 Å². The second-order valence-electron chi connectivity index (χ2n) is 0.705. The van der Waals surface area contributed by atoms with Crippen molar-refractivity contribution in [2.75, 3.05) is 6.61 Å². The maximum Gasteiger partial charge on any atom is 0.109 e. The summed E-state index contributed by atoms with van der Waals surface area (Å²) in [5.41, 5.74) is 0. The van der Waals surface area contributed by atoms with Crippen LogP contribution in [0.1, 0.15) is 0 Å². The summed E-state index contributed by atoms with van der Waals surface area (Å²) in [7, 11) is 0. The van der Waals surface area contributed by atoms with E-state index in [2.05, 4.69) is 17.6 Å². The maximum atomic E-state index is 4.54. The van der Waals surface area contributed by atoms with Crippen LogP contribution in [0.2, 0.25) is 0 Å². The zero-order chi connectivity index (χ0) is 4.83. The summed E-state index contributed by atoms with van der Waals surface area (Å²) in [5, 5.41) is 0. The van der Waals surface area contributed by atoms with Crippen LogP contribution in [0.15, 0.2) is 12.3 Å². The Balaban J connectivity index is 0.000000112. The first-order chi connectivity index (χ1) is 3.00. The third-order valence-electron chi connectivity index (χ3n) is 0.385. The second kappa shape index (κ2) is 4.10. The lowest BCUT2D eigenvalue weighted by Crippen LogP contribution is -1.89. The van der Waals surface area contributed by atoms with E-state index in [1.54, 1.807) is 6.26 Å². The van der Waals surface area contributed by atoms with Gasteiger partial charge in [0.15, 0.2) is 0 Å². The summed E-state index contributed by atoms with van der Waals surface area (Å²) in [5.74, 6) is 0. The molecule has 1 aliphatic heterocycles. The molecule has 0 aromatic heterocycles. The van der Waals surface area contributed by atoms with Crippen molar-refractivity contribution in [3.05, 3.63) is 12.3 Å². The molecule has 0 N–H and O–H groups in total. The zero-order valence-electron chi connectivity index (χ0n) is 3.42. The number of rotatable bonds is 0. The van der Waals surface area contributed by atoms with Gasteiger partial charge >= 0.3 is 0 Å². The van der Waals surface area contributed by atoms with Gasteiger partial charge in [0.2, 0.25) is 0 Å². The highest BCUT2D eigenvalue weighted by Gasteiger charge is 1.79. The van der Waals surface area contributed by atoms with Crippen molar-refractivity contribution in [2.24, 2.45) is 0 Å². The van der Waals surface area contributed by atoms with E-state index in [1.807, 2.05) is 6.08 Å². The first-order valence-corrected chi connectivity index (χ1v) is 1.60.